The van der Waals surface area contributed by atoms with E-state index in [0.717, 1.165) is 34.7 Å². The van der Waals surface area contributed by atoms with Gasteiger partial charge in [0.1, 0.15) is 21.3 Å². The molecule has 3 N–H and O–H groups in total. The first-order valence-corrected chi connectivity index (χ1v) is 9.43. The van der Waals surface area contributed by atoms with Crippen LogP contribution in [0.4, 0.5) is 14.5 Å². The fraction of sp³-hybridized carbons (Fsp3) is 0.278. The van der Waals surface area contributed by atoms with Gasteiger partial charge in [0.15, 0.2) is 0 Å². The van der Waals surface area contributed by atoms with Gasteiger partial charge in [-0.15, -0.1) is 16.4 Å². The first kappa shape index (κ1) is 21.0. The number of thiophene rings is 1. The number of rotatable bonds is 3. The number of hydrogen-bond donors (Lipinski definition) is 2. The Morgan fingerprint density at radius 2 is 1.85 bits per heavy atom. The maximum Gasteiger partial charge on any atom is 0.263 e. The zero-order valence-electron chi connectivity index (χ0n) is 15.3. The highest BCUT2D eigenvalue weighted by Gasteiger charge is 2.21. The molecule has 0 bridgehead atoms. The highest BCUT2D eigenvalue weighted by atomic mass is 35.5. The molecular formula is C18H19ClF2N4OS. The van der Waals surface area contributed by atoms with Crippen LogP contribution in [-0.2, 0) is 6.54 Å². The van der Waals surface area contributed by atoms with Crippen LogP contribution < -0.4 is 11.1 Å². The predicted molar refractivity (Wildman–Crippen MR) is 105 cm³/mol. The molecular weight excluding hydrogens is 394 g/mol. The summed E-state index contributed by atoms with van der Waals surface area (Å²) in [4.78, 5) is 13.2. The monoisotopic (exact) mass is 412 g/mol. The van der Waals surface area contributed by atoms with E-state index in [-0.39, 0.29) is 22.0 Å². The lowest BCUT2D eigenvalue weighted by Crippen LogP contribution is -2.23. The average molecular weight is 413 g/mol. The number of nitrogens with zero attached hydrogens (tertiary/aromatic N) is 2. The Morgan fingerprint density at radius 3 is 2.52 bits per heavy atom. The van der Waals surface area contributed by atoms with Gasteiger partial charge >= 0.3 is 0 Å². The van der Waals surface area contributed by atoms with Gasteiger partial charge in [0.2, 0.25) is 0 Å². The van der Waals surface area contributed by atoms with E-state index < -0.39 is 17.5 Å². The van der Waals surface area contributed by atoms with Crippen LogP contribution in [0.25, 0.3) is 10.2 Å². The smallest absolute Gasteiger partial charge is 0.263 e. The van der Waals surface area contributed by atoms with Crippen molar-refractivity contribution in [2.24, 2.45) is 0 Å². The van der Waals surface area contributed by atoms with Crippen LogP contribution in [-0.4, -0.2) is 16.1 Å². The second-order valence-electron chi connectivity index (χ2n) is 5.44. The SMILES string of the molecule is CC.Cc1nnc2sc(C(=O)NCc3c(F)ccc(F)c3Cl)c(N)c2c1C. The zero-order valence-corrected chi connectivity index (χ0v) is 16.9. The van der Waals surface area contributed by atoms with Gasteiger partial charge in [-0.1, -0.05) is 25.4 Å². The van der Waals surface area contributed by atoms with Crippen LogP contribution in [0.3, 0.4) is 0 Å². The molecule has 0 saturated carbocycles. The van der Waals surface area contributed by atoms with Gasteiger partial charge in [0, 0.05) is 17.5 Å². The molecule has 0 aliphatic heterocycles. The van der Waals surface area contributed by atoms with Crippen LogP contribution in [0.2, 0.25) is 5.02 Å². The zero-order chi connectivity index (χ0) is 20.3. The van der Waals surface area contributed by atoms with E-state index in [0.29, 0.717) is 15.9 Å². The van der Waals surface area contributed by atoms with Gasteiger partial charge in [-0.2, -0.15) is 5.10 Å². The number of benzene rings is 1. The number of nitrogen functional groups attached to an aromatic ring is 1. The number of anilines is 1. The third kappa shape index (κ3) is 4.01. The van der Waals surface area contributed by atoms with E-state index in [2.05, 4.69) is 15.5 Å². The van der Waals surface area contributed by atoms with Gasteiger partial charge < -0.3 is 11.1 Å². The number of aromatic nitrogens is 2. The topological polar surface area (TPSA) is 80.9 Å². The highest BCUT2D eigenvalue weighted by Crippen LogP contribution is 2.34. The first-order valence-electron chi connectivity index (χ1n) is 8.23. The van der Waals surface area contributed by atoms with E-state index in [1.807, 2.05) is 20.8 Å². The Labute approximate surface area is 164 Å². The fourth-order valence-corrected chi connectivity index (χ4v) is 3.63. The van der Waals surface area contributed by atoms with Crippen LogP contribution >= 0.6 is 22.9 Å². The van der Waals surface area contributed by atoms with E-state index >= 15 is 0 Å². The molecule has 0 radical (unpaired) electrons. The molecule has 3 aromatic rings. The summed E-state index contributed by atoms with van der Waals surface area (Å²) in [5.74, 6) is -1.97. The Hall–Kier alpha value is -2.32. The summed E-state index contributed by atoms with van der Waals surface area (Å²) in [6.07, 6.45) is 0. The van der Waals surface area contributed by atoms with Crippen molar-refractivity contribution in [3.8, 4) is 0 Å². The van der Waals surface area contributed by atoms with E-state index in [1.54, 1.807) is 6.92 Å². The van der Waals surface area contributed by atoms with Crippen molar-refractivity contribution in [2.45, 2.75) is 34.2 Å². The number of aryl methyl sites for hydroxylation is 2. The standard InChI is InChI=1S/C16H13ClF2N4OS.C2H6/c1-6-7(2)22-23-16-11(6)13(20)14(25-16)15(24)21-5-8-9(18)3-4-10(19)12(8)17;1-2/h3-4H,5,20H2,1-2H3,(H,21,24);1-2H3. The molecule has 0 unspecified atom stereocenters. The normalized spacial score (nSPS) is 10.5. The molecule has 0 atom stereocenters. The minimum Gasteiger partial charge on any atom is -0.397 e. The Bertz CT molecular complexity index is 1010. The third-order valence-electron chi connectivity index (χ3n) is 3.91. The second kappa shape index (κ2) is 8.58. The summed E-state index contributed by atoms with van der Waals surface area (Å²) < 4.78 is 27.2. The minimum atomic E-state index is -0.755. The molecule has 27 heavy (non-hydrogen) atoms. The van der Waals surface area contributed by atoms with Crippen molar-refractivity contribution in [2.75, 3.05) is 5.73 Å². The number of fused-ring (bicyclic) bond motifs is 1. The lowest BCUT2D eigenvalue weighted by Gasteiger charge is -2.08. The molecule has 0 spiro atoms. The van der Waals surface area contributed by atoms with Gasteiger partial charge in [0.05, 0.1) is 16.4 Å². The number of halogens is 3. The largest absolute Gasteiger partial charge is 0.397 e. The average Bonchev–Trinajstić information content (AvgIpc) is 3.00. The maximum atomic E-state index is 13.8. The maximum absolute atomic E-state index is 13.8. The number of amides is 1. The summed E-state index contributed by atoms with van der Waals surface area (Å²) in [6, 6.07) is 1.88. The lowest BCUT2D eigenvalue weighted by atomic mass is 10.1. The molecule has 2 aromatic heterocycles. The molecule has 0 aliphatic rings. The molecule has 0 saturated heterocycles. The lowest BCUT2D eigenvalue weighted by molar-refractivity contribution is 0.0955. The first-order chi connectivity index (χ1) is 12.8. The molecule has 2 heterocycles. The minimum absolute atomic E-state index is 0.124. The summed E-state index contributed by atoms with van der Waals surface area (Å²) in [5.41, 5.74) is 7.82. The van der Waals surface area contributed by atoms with Gasteiger partial charge in [-0.3, -0.25) is 4.79 Å². The van der Waals surface area contributed by atoms with Crippen molar-refractivity contribution in [1.82, 2.24) is 15.5 Å². The van der Waals surface area contributed by atoms with Crippen molar-refractivity contribution in [3.63, 3.8) is 0 Å². The van der Waals surface area contributed by atoms with Crippen LogP contribution in [0, 0.1) is 25.5 Å². The molecule has 144 valence electrons. The number of carbonyl (C=O) groups is 1. The predicted octanol–water partition coefficient (Wildman–Crippen LogP) is 4.78. The van der Waals surface area contributed by atoms with Crippen LogP contribution in [0.15, 0.2) is 12.1 Å². The number of nitrogens with two attached hydrogens (primary N) is 1. The molecule has 0 fully saturated rings. The quantitative estimate of drug-likeness (QED) is 0.606. The Morgan fingerprint density at radius 1 is 1.22 bits per heavy atom. The Balaban J connectivity index is 0.00000126. The molecule has 1 aromatic carbocycles. The number of carbonyl (C=O) groups excluding carboxylic acids is 1. The van der Waals surface area contributed by atoms with Crippen molar-refractivity contribution < 1.29 is 13.6 Å². The second-order valence-corrected chi connectivity index (χ2v) is 6.82. The van der Waals surface area contributed by atoms with E-state index in [9.17, 15) is 13.6 Å². The summed E-state index contributed by atoms with van der Waals surface area (Å²) in [5, 5.41) is 10.9. The summed E-state index contributed by atoms with van der Waals surface area (Å²) in [7, 11) is 0. The van der Waals surface area contributed by atoms with Gasteiger partial charge in [-0.25, -0.2) is 8.78 Å². The Kier molecular flexibility index (Phi) is 6.67. The summed E-state index contributed by atoms with van der Waals surface area (Å²) >= 11 is 6.85. The number of hydrogen-bond acceptors (Lipinski definition) is 5. The van der Waals surface area contributed by atoms with Gasteiger partial charge in [0.25, 0.3) is 5.91 Å². The third-order valence-corrected chi connectivity index (χ3v) is 5.40. The van der Waals surface area contributed by atoms with E-state index in [4.69, 9.17) is 17.3 Å². The molecule has 3 rings (SSSR count). The van der Waals surface area contributed by atoms with Crippen molar-refractivity contribution >= 4 is 44.7 Å². The number of nitrogens with one attached hydrogen (secondary N) is 1. The van der Waals surface area contributed by atoms with Crippen molar-refractivity contribution in [1.29, 1.82) is 0 Å². The fourth-order valence-electron chi connectivity index (χ4n) is 2.39. The van der Waals surface area contributed by atoms with E-state index in [1.165, 1.54) is 0 Å². The molecule has 5 nitrogen and oxygen atoms in total. The summed E-state index contributed by atoms with van der Waals surface area (Å²) in [6.45, 7) is 7.38. The van der Waals surface area contributed by atoms with Crippen LogP contribution in [0.1, 0.15) is 40.3 Å². The molecule has 1 amide bonds. The highest BCUT2D eigenvalue weighted by molar-refractivity contribution is 7.21. The van der Waals surface area contributed by atoms with Crippen LogP contribution in [0.5, 0.6) is 0 Å². The molecule has 0 aliphatic carbocycles. The van der Waals surface area contributed by atoms with Crippen molar-refractivity contribution in [3.05, 3.63) is 50.5 Å². The van der Waals surface area contributed by atoms with Gasteiger partial charge in [-0.05, 0) is 31.5 Å². The molecule has 9 heteroatoms.